The maximum Gasteiger partial charge on any atom is 0.127 e. The van der Waals surface area contributed by atoms with Crippen LogP contribution in [0.2, 0.25) is 0 Å². The fraction of sp³-hybridized carbons (Fsp3) is 0.429. The summed E-state index contributed by atoms with van der Waals surface area (Å²) < 4.78 is 0. The van der Waals surface area contributed by atoms with Crippen LogP contribution in [0.4, 0.5) is 5.82 Å². The van der Waals surface area contributed by atoms with Gasteiger partial charge in [0.05, 0.1) is 5.52 Å². The Kier molecular flexibility index (Phi) is 2.48. The van der Waals surface area contributed by atoms with Crippen LogP contribution in [-0.2, 0) is 0 Å². The summed E-state index contributed by atoms with van der Waals surface area (Å²) in [6.45, 7) is 4.42. The molecule has 0 unspecified atom stereocenters. The Morgan fingerprint density at radius 3 is 2.78 bits per heavy atom. The second-order valence-corrected chi connectivity index (χ2v) is 5.04. The minimum Gasteiger partial charge on any atom is -0.352 e. The van der Waals surface area contributed by atoms with Crippen molar-refractivity contribution >= 4 is 16.9 Å². The van der Waals surface area contributed by atoms with Crippen LogP contribution in [-0.4, -0.2) is 22.1 Å². The standard InChI is InChI=1S/C14H16N4/c1-9-5-6-10(2)18(9)14-11(8-15)13-12(17-14)4-3-7-16-13/h3-4,7,9-10,17H,5-6H2,1-2H3/t9-,10-/m1/s1. The average molecular weight is 240 g/mol. The number of nitrogens with one attached hydrogen (secondary N) is 1. The van der Waals surface area contributed by atoms with Gasteiger partial charge in [-0.15, -0.1) is 0 Å². The number of hydrogen-bond acceptors (Lipinski definition) is 3. The van der Waals surface area contributed by atoms with E-state index in [1.54, 1.807) is 6.20 Å². The van der Waals surface area contributed by atoms with Crippen molar-refractivity contribution in [2.24, 2.45) is 0 Å². The number of rotatable bonds is 1. The van der Waals surface area contributed by atoms with Crippen molar-refractivity contribution in [3.05, 3.63) is 23.9 Å². The van der Waals surface area contributed by atoms with Gasteiger partial charge in [-0.25, -0.2) is 0 Å². The number of nitriles is 1. The number of aromatic nitrogens is 2. The fourth-order valence-electron chi connectivity index (χ4n) is 2.94. The van der Waals surface area contributed by atoms with Crippen molar-refractivity contribution in [3.63, 3.8) is 0 Å². The molecule has 0 radical (unpaired) electrons. The number of nitrogens with zero attached hydrogens (tertiary/aromatic N) is 3. The van der Waals surface area contributed by atoms with Crippen molar-refractivity contribution in [3.8, 4) is 6.07 Å². The van der Waals surface area contributed by atoms with Crippen LogP contribution in [0.5, 0.6) is 0 Å². The summed E-state index contributed by atoms with van der Waals surface area (Å²) in [5, 5.41) is 9.40. The molecule has 4 nitrogen and oxygen atoms in total. The van der Waals surface area contributed by atoms with Gasteiger partial charge in [0.2, 0.25) is 0 Å². The summed E-state index contributed by atoms with van der Waals surface area (Å²) in [6.07, 6.45) is 4.08. The second kappa shape index (κ2) is 4.02. The summed E-state index contributed by atoms with van der Waals surface area (Å²) in [5.41, 5.74) is 2.39. The van der Waals surface area contributed by atoms with E-state index in [0.29, 0.717) is 17.6 Å². The molecule has 1 N–H and O–H groups in total. The maximum atomic E-state index is 9.40. The van der Waals surface area contributed by atoms with Gasteiger partial charge >= 0.3 is 0 Å². The van der Waals surface area contributed by atoms with Crippen LogP contribution in [0.1, 0.15) is 32.3 Å². The number of fused-ring (bicyclic) bond motifs is 1. The van der Waals surface area contributed by atoms with Crippen LogP contribution in [0.25, 0.3) is 11.0 Å². The van der Waals surface area contributed by atoms with Crippen molar-refractivity contribution in [2.75, 3.05) is 4.90 Å². The average Bonchev–Trinajstić information content (AvgIpc) is 2.89. The molecule has 0 saturated carbocycles. The van der Waals surface area contributed by atoms with E-state index >= 15 is 0 Å². The number of aromatic amines is 1. The fourth-order valence-corrected chi connectivity index (χ4v) is 2.94. The normalized spacial score (nSPS) is 23.5. The van der Waals surface area contributed by atoms with E-state index in [1.165, 1.54) is 12.8 Å². The Balaban J connectivity index is 2.20. The van der Waals surface area contributed by atoms with Gasteiger partial charge in [-0.1, -0.05) is 0 Å². The molecular formula is C14H16N4. The zero-order chi connectivity index (χ0) is 12.7. The van der Waals surface area contributed by atoms with E-state index in [0.717, 1.165) is 16.9 Å². The molecule has 4 heteroatoms. The predicted octanol–water partition coefficient (Wildman–Crippen LogP) is 2.81. The molecule has 1 aliphatic rings. The van der Waals surface area contributed by atoms with Gasteiger partial charge in [0.25, 0.3) is 0 Å². The van der Waals surface area contributed by atoms with Crippen molar-refractivity contribution in [2.45, 2.75) is 38.8 Å². The highest BCUT2D eigenvalue weighted by Gasteiger charge is 2.31. The zero-order valence-electron chi connectivity index (χ0n) is 10.6. The summed E-state index contributed by atoms with van der Waals surface area (Å²) in [5.74, 6) is 0.934. The van der Waals surface area contributed by atoms with Crippen LogP contribution < -0.4 is 4.90 Å². The van der Waals surface area contributed by atoms with Gasteiger partial charge in [0.1, 0.15) is 23.0 Å². The monoisotopic (exact) mass is 240 g/mol. The molecule has 2 aromatic rings. The molecular weight excluding hydrogens is 224 g/mol. The Morgan fingerprint density at radius 1 is 1.39 bits per heavy atom. The van der Waals surface area contributed by atoms with E-state index in [2.05, 4.69) is 34.8 Å². The highest BCUT2D eigenvalue weighted by molar-refractivity contribution is 5.88. The smallest absolute Gasteiger partial charge is 0.127 e. The third kappa shape index (κ3) is 1.47. The molecule has 0 aliphatic carbocycles. The Hall–Kier alpha value is -2.02. The highest BCUT2D eigenvalue weighted by Crippen LogP contribution is 2.34. The second-order valence-electron chi connectivity index (χ2n) is 5.04. The number of pyridine rings is 1. The molecule has 3 rings (SSSR count). The highest BCUT2D eigenvalue weighted by atomic mass is 15.3. The van der Waals surface area contributed by atoms with E-state index in [-0.39, 0.29) is 0 Å². The Morgan fingerprint density at radius 2 is 2.11 bits per heavy atom. The van der Waals surface area contributed by atoms with Crippen LogP contribution >= 0.6 is 0 Å². The SMILES string of the molecule is C[C@@H]1CC[C@@H](C)N1c1[nH]c2cccnc2c1C#N. The minimum atomic E-state index is 0.472. The molecule has 92 valence electrons. The van der Waals surface area contributed by atoms with Crippen LogP contribution in [0.15, 0.2) is 18.3 Å². The predicted molar refractivity (Wildman–Crippen MR) is 71.4 cm³/mol. The van der Waals surface area contributed by atoms with E-state index in [1.807, 2.05) is 12.1 Å². The van der Waals surface area contributed by atoms with Crippen LogP contribution in [0.3, 0.4) is 0 Å². The number of anilines is 1. The Labute approximate surface area is 106 Å². The zero-order valence-corrected chi connectivity index (χ0v) is 10.6. The summed E-state index contributed by atoms with van der Waals surface area (Å²) >= 11 is 0. The molecule has 18 heavy (non-hydrogen) atoms. The molecule has 0 bridgehead atoms. The first-order valence-corrected chi connectivity index (χ1v) is 6.37. The van der Waals surface area contributed by atoms with Crippen molar-refractivity contribution in [1.29, 1.82) is 5.26 Å². The molecule has 0 spiro atoms. The van der Waals surface area contributed by atoms with Gasteiger partial charge < -0.3 is 9.88 Å². The Bertz CT molecular complexity index is 612. The first kappa shape index (κ1) is 11.1. The largest absolute Gasteiger partial charge is 0.352 e. The van der Waals surface area contributed by atoms with Gasteiger partial charge in [-0.3, -0.25) is 4.98 Å². The molecule has 1 saturated heterocycles. The summed E-state index contributed by atoms with van der Waals surface area (Å²) in [6, 6.07) is 7.11. The molecule has 1 aliphatic heterocycles. The topological polar surface area (TPSA) is 55.7 Å². The van der Waals surface area contributed by atoms with Gasteiger partial charge in [-0.2, -0.15) is 5.26 Å². The van der Waals surface area contributed by atoms with E-state index in [9.17, 15) is 5.26 Å². The first-order chi connectivity index (χ1) is 8.72. The molecule has 2 aromatic heterocycles. The van der Waals surface area contributed by atoms with Gasteiger partial charge in [0, 0.05) is 18.3 Å². The van der Waals surface area contributed by atoms with Gasteiger partial charge in [0.15, 0.2) is 0 Å². The lowest BCUT2D eigenvalue weighted by molar-refractivity contribution is 0.685. The summed E-state index contributed by atoms with van der Waals surface area (Å²) in [4.78, 5) is 9.99. The number of hydrogen-bond donors (Lipinski definition) is 1. The van der Waals surface area contributed by atoms with Gasteiger partial charge in [-0.05, 0) is 38.8 Å². The first-order valence-electron chi connectivity index (χ1n) is 6.37. The molecule has 3 heterocycles. The van der Waals surface area contributed by atoms with E-state index < -0.39 is 0 Å². The van der Waals surface area contributed by atoms with E-state index in [4.69, 9.17) is 0 Å². The molecule has 0 aromatic carbocycles. The molecule has 0 amide bonds. The minimum absolute atomic E-state index is 0.472. The van der Waals surface area contributed by atoms with Crippen molar-refractivity contribution in [1.82, 2.24) is 9.97 Å². The lowest BCUT2D eigenvalue weighted by atomic mass is 10.2. The third-order valence-corrected chi connectivity index (χ3v) is 3.86. The summed E-state index contributed by atoms with van der Waals surface area (Å²) in [7, 11) is 0. The third-order valence-electron chi connectivity index (χ3n) is 3.86. The molecule has 2 atom stereocenters. The number of H-pyrrole nitrogens is 1. The van der Waals surface area contributed by atoms with Crippen LogP contribution in [0, 0.1) is 11.3 Å². The lowest BCUT2D eigenvalue weighted by Crippen LogP contribution is -2.33. The molecule has 1 fully saturated rings. The quantitative estimate of drug-likeness (QED) is 0.833. The lowest BCUT2D eigenvalue weighted by Gasteiger charge is -2.27. The van der Waals surface area contributed by atoms with Crippen molar-refractivity contribution < 1.29 is 0 Å². The maximum absolute atomic E-state index is 9.40.